The monoisotopic (exact) mass is 451 g/mol. The number of rotatable bonds is 6. The van der Waals surface area contributed by atoms with Gasteiger partial charge in [0.2, 0.25) is 0 Å². The van der Waals surface area contributed by atoms with E-state index in [2.05, 4.69) is 21.7 Å². The maximum absolute atomic E-state index is 13.3. The van der Waals surface area contributed by atoms with Gasteiger partial charge in [0.25, 0.3) is 10.0 Å². The fourth-order valence-electron chi connectivity index (χ4n) is 3.36. The Balaban J connectivity index is 1.85. The Morgan fingerprint density at radius 3 is 2.74 bits per heavy atom. The summed E-state index contributed by atoms with van der Waals surface area (Å²) in [4.78, 5) is 4.04. The number of nitrogens with one attached hydrogen (secondary N) is 2. The molecule has 0 saturated heterocycles. The van der Waals surface area contributed by atoms with Crippen LogP contribution in [0.15, 0.2) is 72.0 Å². The number of halogens is 1. The number of pyridine rings is 1. The Labute approximate surface area is 185 Å². The highest BCUT2D eigenvalue weighted by Gasteiger charge is 2.21. The topological polar surface area (TPSA) is 99.8 Å². The van der Waals surface area contributed by atoms with Crippen molar-refractivity contribution in [3.63, 3.8) is 0 Å². The van der Waals surface area contributed by atoms with Gasteiger partial charge in [-0.1, -0.05) is 17.7 Å². The van der Waals surface area contributed by atoms with Crippen LogP contribution in [0.3, 0.4) is 0 Å². The second-order valence-electron chi connectivity index (χ2n) is 6.83. The first-order chi connectivity index (χ1) is 14.9. The number of nitriles is 1. The SMILES string of the molecule is CNCc1cn(S(=O)(=O)c2cccnc2)c2cc(Nc3ccc(Cl)cc3C#N)ccc12. The van der Waals surface area contributed by atoms with Crippen LogP contribution in [0.5, 0.6) is 0 Å². The minimum atomic E-state index is -3.84. The van der Waals surface area contributed by atoms with Crippen LogP contribution in [0, 0.1) is 11.3 Å². The number of nitrogens with zero attached hydrogens (tertiary/aromatic N) is 3. The molecule has 156 valence electrons. The number of benzene rings is 2. The highest BCUT2D eigenvalue weighted by atomic mass is 35.5. The van der Waals surface area contributed by atoms with Gasteiger partial charge in [0.05, 0.1) is 16.8 Å². The van der Waals surface area contributed by atoms with Crippen LogP contribution >= 0.6 is 11.6 Å². The lowest BCUT2D eigenvalue weighted by Gasteiger charge is -2.11. The van der Waals surface area contributed by atoms with Crippen molar-refractivity contribution in [1.29, 1.82) is 5.26 Å². The Kier molecular flexibility index (Phi) is 5.65. The summed E-state index contributed by atoms with van der Waals surface area (Å²) in [7, 11) is -2.04. The molecule has 0 fully saturated rings. The van der Waals surface area contributed by atoms with Crippen molar-refractivity contribution in [2.75, 3.05) is 12.4 Å². The highest BCUT2D eigenvalue weighted by Crippen LogP contribution is 2.30. The molecule has 0 radical (unpaired) electrons. The van der Waals surface area contributed by atoms with Gasteiger partial charge in [-0.2, -0.15) is 5.26 Å². The molecule has 0 saturated carbocycles. The quantitative estimate of drug-likeness (QED) is 0.454. The predicted molar refractivity (Wildman–Crippen MR) is 121 cm³/mol. The Morgan fingerprint density at radius 1 is 1.19 bits per heavy atom. The highest BCUT2D eigenvalue weighted by molar-refractivity contribution is 7.90. The van der Waals surface area contributed by atoms with Crippen molar-refractivity contribution in [3.8, 4) is 6.07 Å². The molecular formula is C22H18ClN5O2S. The van der Waals surface area contributed by atoms with Crippen LogP contribution in [-0.4, -0.2) is 24.4 Å². The van der Waals surface area contributed by atoms with E-state index in [-0.39, 0.29) is 4.90 Å². The van der Waals surface area contributed by atoms with E-state index in [0.717, 1.165) is 10.9 Å². The van der Waals surface area contributed by atoms with Crippen molar-refractivity contribution < 1.29 is 8.42 Å². The van der Waals surface area contributed by atoms with Gasteiger partial charge < -0.3 is 10.6 Å². The summed E-state index contributed by atoms with van der Waals surface area (Å²) in [5.74, 6) is 0. The molecule has 7 nitrogen and oxygen atoms in total. The Hall–Kier alpha value is -3.38. The lowest BCUT2D eigenvalue weighted by atomic mass is 10.1. The van der Waals surface area contributed by atoms with Crippen molar-refractivity contribution >= 4 is 43.9 Å². The van der Waals surface area contributed by atoms with Crippen LogP contribution < -0.4 is 10.6 Å². The minimum absolute atomic E-state index is 0.103. The first-order valence-corrected chi connectivity index (χ1v) is 11.2. The number of fused-ring (bicyclic) bond motifs is 1. The molecule has 0 amide bonds. The van der Waals surface area contributed by atoms with Gasteiger partial charge >= 0.3 is 0 Å². The van der Waals surface area contributed by atoms with Crippen LogP contribution in [0.25, 0.3) is 10.9 Å². The van der Waals surface area contributed by atoms with Gasteiger partial charge in [-0.15, -0.1) is 0 Å². The van der Waals surface area contributed by atoms with Crippen LogP contribution in [-0.2, 0) is 16.6 Å². The molecule has 0 spiro atoms. The number of hydrogen-bond acceptors (Lipinski definition) is 6. The lowest BCUT2D eigenvalue weighted by Crippen LogP contribution is -2.12. The van der Waals surface area contributed by atoms with Gasteiger partial charge in [0, 0.05) is 41.2 Å². The van der Waals surface area contributed by atoms with E-state index in [1.54, 1.807) is 43.6 Å². The molecule has 0 aliphatic carbocycles. The maximum atomic E-state index is 13.3. The average molecular weight is 452 g/mol. The summed E-state index contributed by atoms with van der Waals surface area (Å²) >= 11 is 5.98. The van der Waals surface area contributed by atoms with Crippen LogP contribution in [0.4, 0.5) is 11.4 Å². The molecule has 2 aromatic heterocycles. The van der Waals surface area contributed by atoms with Gasteiger partial charge in [-0.05, 0) is 55.1 Å². The summed E-state index contributed by atoms with van der Waals surface area (Å²) in [5.41, 5.74) is 2.98. The van der Waals surface area contributed by atoms with Gasteiger partial charge in [-0.3, -0.25) is 4.98 Å². The van der Waals surface area contributed by atoms with Gasteiger partial charge in [-0.25, -0.2) is 12.4 Å². The van der Waals surface area contributed by atoms with E-state index in [1.807, 2.05) is 12.1 Å². The molecule has 0 aliphatic rings. The zero-order valence-corrected chi connectivity index (χ0v) is 18.1. The third kappa shape index (κ3) is 3.99. The summed E-state index contributed by atoms with van der Waals surface area (Å²) < 4.78 is 27.9. The normalized spacial score (nSPS) is 11.4. The summed E-state index contributed by atoms with van der Waals surface area (Å²) in [6.45, 7) is 0.509. The molecule has 4 aromatic rings. The van der Waals surface area contributed by atoms with Crippen LogP contribution in [0.2, 0.25) is 5.02 Å². The van der Waals surface area contributed by atoms with Crippen molar-refractivity contribution in [2.24, 2.45) is 0 Å². The summed E-state index contributed by atoms with van der Waals surface area (Å²) in [6, 6.07) is 15.6. The standard InChI is InChI=1S/C22H18ClN5O2S/c1-25-12-16-14-28(31(29,30)19-3-2-8-26-13-19)22-10-18(5-6-20(16)22)27-21-7-4-17(23)9-15(21)11-24/h2-10,13-14,25,27H,12H2,1H3. The molecule has 0 bridgehead atoms. The van der Waals surface area contributed by atoms with Crippen molar-refractivity contribution in [2.45, 2.75) is 11.4 Å². The van der Waals surface area contributed by atoms with E-state index in [4.69, 9.17) is 11.6 Å². The fourth-order valence-corrected chi connectivity index (χ4v) is 4.88. The second kappa shape index (κ2) is 8.40. The van der Waals surface area contributed by atoms with Gasteiger partial charge in [0.15, 0.2) is 0 Å². The zero-order chi connectivity index (χ0) is 22.0. The zero-order valence-electron chi connectivity index (χ0n) is 16.5. The predicted octanol–water partition coefficient (Wildman–Crippen LogP) is 4.26. The fraction of sp³-hybridized carbons (Fsp3) is 0.0909. The summed E-state index contributed by atoms with van der Waals surface area (Å²) in [5, 5.41) is 16.9. The first kappa shape index (κ1) is 20.9. The third-order valence-electron chi connectivity index (χ3n) is 4.79. The average Bonchev–Trinajstić information content (AvgIpc) is 3.14. The molecule has 0 aliphatic heterocycles. The van der Waals surface area contributed by atoms with Crippen molar-refractivity contribution in [3.05, 3.63) is 83.3 Å². The first-order valence-electron chi connectivity index (χ1n) is 9.35. The molecular weight excluding hydrogens is 434 g/mol. The van der Waals surface area contributed by atoms with E-state index in [1.165, 1.54) is 22.4 Å². The lowest BCUT2D eigenvalue weighted by molar-refractivity contribution is 0.588. The Morgan fingerprint density at radius 2 is 2.03 bits per heavy atom. The van der Waals surface area contributed by atoms with Crippen molar-refractivity contribution in [1.82, 2.24) is 14.3 Å². The van der Waals surface area contributed by atoms with E-state index >= 15 is 0 Å². The minimum Gasteiger partial charge on any atom is -0.354 e. The maximum Gasteiger partial charge on any atom is 0.269 e. The smallest absolute Gasteiger partial charge is 0.269 e. The van der Waals surface area contributed by atoms with E-state index in [9.17, 15) is 13.7 Å². The largest absolute Gasteiger partial charge is 0.354 e. The molecule has 9 heteroatoms. The molecule has 2 heterocycles. The molecule has 0 atom stereocenters. The third-order valence-corrected chi connectivity index (χ3v) is 6.69. The second-order valence-corrected chi connectivity index (χ2v) is 9.08. The van der Waals surface area contributed by atoms with Gasteiger partial charge in [0.1, 0.15) is 11.0 Å². The van der Waals surface area contributed by atoms with E-state index < -0.39 is 10.0 Å². The summed E-state index contributed by atoms with van der Waals surface area (Å²) in [6.07, 6.45) is 4.48. The molecule has 2 aromatic carbocycles. The molecule has 4 rings (SSSR count). The molecule has 2 N–H and O–H groups in total. The number of aromatic nitrogens is 2. The number of anilines is 2. The molecule has 31 heavy (non-hydrogen) atoms. The van der Waals surface area contributed by atoms with Crippen LogP contribution in [0.1, 0.15) is 11.1 Å². The number of hydrogen-bond donors (Lipinski definition) is 2. The molecule has 0 unspecified atom stereocenters. The Bertz CT molecular complexity index is 1410. The van der Waals surface area contributed by atoms with E-state index in [0.29, 0.717) is 34.0 Å².